The minimum Gasteiger partial charge on any atom is -0.480 e. The number of fused-ring (bicyclic) bond motifs is 1. The van der Waals surface area contributed by atoms with Crippen molar-refractivity contribution in [3.05, 3.63) is 34.2 Å². The van der Waals surface area contributed by atoms with Crippen molar-refractivity contribution in [2.75, 3.05) is 0 Å². The molecule has 1 atom stereocenters. The Labute approximate surface area is 74.4 Å². The van der Waals surface area contributed by atoms with Crippen molar-refractivity contribution in [1.82, 2.24) is 4.57 Å². The highest BCUT2D eigenvalue weighted by atomic mass is 16.4. The fraction of sp³-hybridized carbons (Fsp3) is 0.333. The molecule has 0 saturated carbocycles. The monoisotopic (exact) mass is 179 g/mol. The molecule has 0 aromatic carbocycles. The first-order valence-electron chi connectivity index (χ1n) is 4.13. The average Bonchev–Trinajstić information content (AvgIpc) is 2.49. The number of carbonyl (C=O) groups is 1. The Hall–Kier alpha value is -1.58. The van der Waals surface area contributed by atoms with Crippen LogP contribution in [-0.2, 0) is 11.2 Å². The van der Waals surface area contributed by atoms with Gasteiger partial charge in [0.25, 0.3) is 5.56 Å². The zero-order valence-electron chi connectivity index (χ0n) is 6.93. The quantitative estimate of drug-likeness (QED) is 0.679. The standard InChI is InChI=1S/C9H9NO3/c11-8-3-1-2-6-4-5-7(9(12)13)10(6)8/h1-3,7H,4-5H2,(H,12,13)/t7-/m0/s1. The van der Waals surface area contributed by atoms with Crippen LogP contribution < -0.4 is 5.56 Å². The molecule has 0 aliphatic carbocycles. The van der Waals surface area contributed by atoms with E-state index in [9.17, 15) is 9.59 Å². The van der Waals surface area contributed by atoms with Crippen molar-refractivity contribution in [1.29, 1.82) is 0 Å². The Bertz CT molecular complexity index is 408. The van der Waals surface area contributed by atoms with Gasteiger partial charge in [0.2, 0.25) is 0 Å². The van der Waals surface area contributed by atoms with E-state index in [1.54, 1.807) is 12.1 Å². The van der Waals surface area contributed by atoms with Gasteiger partial charge in [-0.2, -0.15) is 0 Å². The lowest BCUT2D eigenvalue weighted by Gasteiger charge is -2.08. The molecule has 0 radical (unpaired) electrons. The van der Waals surface area contributed by atoms with Gasteiger partial charge in [-0.1, -0.05) is 6.07 Å². The van der Waals surface area contributed by atoms with Gasteiger partial charge < -0.3 is 5.11 Å². The molecule has 1 aliphatic rings. The van der Waals surface area contributed by atoms with Gasteiger partial charge >= 0.3 is 5.97 Å². The predicted octanol–water partition coefficient (Wildman–Crippen LogP) is 0.420. The summed E-state index contributed by atoms with van der Waals surface area (Å²) in [4.78, 5) is 22.1. The summed E-state index contributed by atoms with van der Waals surface area (Å²) in [6.45, 7) is 0. The number of hydrogen-bond acceptors (Lipinski definition) is 2. The topological polar surface area (TPSA) is 59.3 Å². The molecular weight excluding hydrogens is 170 g/mol. The number of pyridine rings is 1. The van der Waals surface area contributed by atoms with Crippen LogP contribution >= 0.6 is 0 Å². The van der Waals surface area contributed by atoms with E-state index in [2.05, 4.69) is 0 Å². The molecule has 68 valence electrons. The summed E-state index contributed by atoms with van der Waals surface area (Å²) in [5.41, 5.74) is 0.599. The maximum atomic E-state index is 11.3. The van der Waals surface area contributed by atoms with Crippen molar-refractivity contribution in [2.45, 2.75) is 18.9 Å². The van der Waals surface area contributed by atoms with Gasteiger partial charge in [-0.05, 0) is 18.9 Å². The van der Waals surface area contributed by atoms with E-state index in [0.29, 0.717) is 12.8 Å². The van der Waals surface area contributed by atoms with Gasteiger partial charge in [0.05, 0.1) is 0 Å². The lowest BCUT2D eigenvalue weighted by molar-refractivity contribution is -0.140. The first-order valence-corrected chi connectivity index (χ1v) is 4.13. The van der Waals surface area contributed by atoms with Crippen LogP contribution in [-0.4, -0.2) is 15.6 Å². The molecule has 1 aliphatic heterocycles. The zero-order chi connectivity index (χ0) is 9.42. The second-order valence-electron chi connectivity index (χ2n) is 3.12. The Morgan fingerprint density at radius 3 is 3.00 bits per heavy atom. The van der Waals surface area contributed by atoms with Gasteiger partial charge in [-0.25, -0.2) is 4.79 Å². The van der Waals surface area contributed by atoms with Gasteiger partial charge in [-0.15, -0.1) is 0 Å². The van der Waals surface area contributed by atoms with E-state index >= 15 is 0 Å². The number of aliphatic carboxylic acids is 1. The molecular formula is C9H9NO3. The Balaban J connectivity index is 2.58. The summed E-state index contributed by atoms with van der Waals surface area (Å²) >= 11 is 0. The Morgan fingerprint density at radius 2 is 2.31 bits per heavy atom. The van der Waals surface area contributed by atoms with Crippen molar-refractivity contribution in [2.24, 2.45) is 0 Å². The summed E-state index contributed by atoms with van der Waals surface area (Å²) in [5, 5.41) is 8.82. The van der Waals surface area contributed by atoms with Gasteiger partial charge in [0, 0.05) is 11.8 Å². The summed E-state index contributed by atoms with van der Waals surface area (Å²) in [6.07, 6.45) is 1.20. The highest BCUT2D eigenvalue weighted by molar-refractivity contribution is 5.72. The maximum Gasteiger partial charge on any atom is 0.326 e. The van der Waals surface area contributed by atoms with Crippen LogP contribution in [0.2, 0.25) is 0 Å². The molecule has 1 aromatic heterocycles. The number of rotatable bonds is 1. The fourth-order valence-corrected chi connectivity index (χ4v) is 1.75. The first kappa shape index (κ1) is 8.04. The van der Waals surface area contributed by atoms with Crippen LogP contribution in [0.15, 0.2) is 23.0 Å². The number of carboxylic acids is 1. The summed E-state index contributed by atoms with van der Waals surface area (Å²) in [7, 11) is 0. The molecule has 0 bridgehead atoms. The molecule has 0 fully saturated rings. The molecule has 4 heteroatoms. The summed E-state index contributed by atoms with van der Waals surface area (Å²) in [6, 6.07) is 4.19. The number of carboxylic acid groups (broad SMARTS) is 1. The largest absolute Gasteiger partial charge is 0.480 e. The van der Waals surface area contributed by atoms with E-state index < -0.39 is 12.0 Å². The Kier molecular flexibility index (Phi) is 1.69. The molecule has 2 rings (SSSR count). The minimum absolute atomic E-state index is 0.220. The smallest absolute Gasteiger partial charge is 0.326 e. The minimum atomic E-state index is -0.924. The van der Waals surface area contributed by atoms with Crippen molar-refractivity contribution in [3.8, 4) is 0 Å². The second kappa shape index (κ2) is 2.73. The maximum absolute atomic E-state index is 11.3. The lowest BCUT2D eigenvalue weighted by atomic mass is 10.2. The van der Waals surface area contributed by atoms with Crippen LogP contribution in [0, 0.1) is 0 Å². The third-order valence-electron chi connectivity index (χ3n) is 2.34. The van der Waals surface area contributed by atoms with Crippen LogP contribution in [0.4, 0.5) is 0 Å². The van der Waals surface area contributed by atoms with Crippen LogP contribution in [0.25, 0.3) is 0 Å². The van der Waals surface area contributed by atoms with E-state index in [4.69, 9.17) is 5.11 Å². The third kappa shape index (κ3) is 1.14. The normalized spacial score (nSPS) is 19.8. The number of hydrogen-bond donors (Lipinski definition) is 1. The highest BCUT2D eigenvalue weighted by Crippen LogP contribution is 2.22. The molecule has 0 amide bonds. The van der Waals surface area contributed by atoms with Crippen LogP contribution in [0.5, 0.6) is 0 Å². The molecule has 0 spiro atoms. The second-order valence-corrected chi connectivity index (χ2v) is 3.12. The summed E-state index contributed by atoms with van der Waals surface area (Å²) < 4.78 is 1.36. The molecule has 1 N–H and O–H groups in total. The van der Waals surface area contributed by atoms with E-state index in [1.807, 2.05) is 0 Å². The molecule has 0 unspecified atom stereocenters. The molecule has 2 heterocycles. The summed E-state index contributed by atoms with van der Waals surface area (Å²) in [5.74, 6) is -0.924. The predicted molar refractivity (Wildman–Crippen MR) is 45.7 cm³/mol. The van der Waals surface area contributed by atoms with Crippen LogP contribution in [0.1, 0.15) is 18.2 Å². The molecule has 0 saturated heterocycles. The number of nitrogens with zero attached hydrogens (tertiary/aromatic N) is 1. The Morgan fingerprint density at radius 1 is 1.54 bits per heavy atom. The van der Waals surface area contributed by atoms with Gasteiger partial charge in [0.1, 0.15) is 6.04 Å². The van der Waals surface area contributed by atoms with Crippen molar-refractivity contribution < 1.29 is 9.90 Å². The lowest BCUT2D eigenvalue weighted by Crippen LogP contribution is -2.26. The average molecular weight is 179 g/mol. The highest BCUT2D eigenvalue weighted by Gasteiger charge is 2.27. The first-order chi connectivity index (χ1) is 6.20. The number of aromatic nitrogens is 1. The van der Waals surface area contributed by atoms with E-state index in [0.717, 1.165) is 5.69 Å². The molecule has 4 nitrogen and oxygen atoms in total. The third-order valence-corrected chi connectivity index (χ3v) is 2.34. The van der Waals surface area contributed by atoms with Gasteiger partial charge in [-0.3, -0.25) is 9.36 Å². The fourth-order valence-electron chi connectivity index (χ4n) is 1.75. The number of aryl methyl sites for hydroxylation is 1. The van der Waals surface area contributed by atoms with E-state index in [1.165, 1.54) is 10.6 Å². The van der Waals surface area contributed by atoms with Crippen molar-refractivity contribution >= 4 is 5.97 Å². The molecule has 13 heavy (non-hydrogen) atoms. The molecule has 1 aromatic rings. The van der Waals surface area contributed by atoms with Gasteiger partial charge in [0.15, 0.2) is 0 Å². The zero-order valence-corrected chi connectivity index (χ0v) is 6.93. The van der Waals surface area contributed by atoms with Crippen molar-refractivity contribution in [3.63, 3.8) is 0 Å². The SMILES string of the molecule is O=C(O)[C@@H]1CCc2cccc(=O)n21. The van der Waals surface area contributed by atoms with Crippen LogP contribution in [0.3, 0.4) is 0 Å². The van der Waals surface area contributed by atoms with E-state index in [-0.39, 0.29) is 5.56 Å².